The van der Waals surface area contributed by atoms with E-state index in [-0.39, 0.29) is 6.04 Å². The second-order valence-electron chi connectivity index (χ2n) is 3.79. The summed E-state index contributed by atoms with van der Waals surface area (Å²) in [6, 6.07) is 8.09. The Morgan fingerprint density at radius 2 is 2.17 bits per heavy atom. The predicted molar refractivity (Wildman–Crippen MR) is 73.0 cm³/mol. The third-order valence-electron chi connectivity index (χ3n) is 2.61. The molecule has 0 aliphatic heterocycles. The fraction of sp³-hybridized carbons (Fsp3) is 0.385. The molecule has 0 spiro atoms. The average molecular weight is 263 g/mol. The van der Waals surface area contributed by atoms with Crippen molar-refractivity contribution >= 4 is 11.5 Å². The SMILES string of the molecule is CCNC(c1csnn1)c1ccccc1OCC. The number of nitrogens with one attached hydrogen (secondary N) is 1. The molecule has 1 heterocycles. The minimum Gasteiger partial charge on any atom is -0.494 e. The van der Waals surface area contributed by atoms with E-state index in [4.69, 9.17) is 4.74 Å². The molecule has 0 saturated carbocycles. The van der Waals surface area contributed by atoms with Crippen molar-refractivity contribution in [1.29, 1.82) is 0 Å². The van der Waals surface area contributed by atoms with Crippen LogP contribution in [0.2, 0.25) is 0 Å². The Balaban J connectivity index is 2.36. The van der Waals surface area contributed by atoms with Gasteiger partial charge in [0.15, 0.2) is 0 Å². The number of rotatable bonds is 6. The molecule has 4 nitrogen and oxygen atoms in total. The number of benzene rings is 1. The van der Waals surface area contributed by atoms with Crippen molar-refractivity contribution < 1.29 is 4.74 Å². The largest absolute Gasteiger partial charge is 0.494 e. The van der Waals surface area contributed by atoms with E-state index in [1.165, 1.54) is 11.5 Å². The molecular weight excluding hydrogens is 246 g/mol. The Morgan fingerprint density at radius 3 is 2.83 bits per heavy atom. The molecule has 0 fully saturated rings. The van der Waals surface area contributed by atoms with Crippen molar-refractivity contribution in [2.75, 3.05) is 13.2 Å². The van der Waals surface area contributed by atoms with Crippen molar-refractivity contribution in [1.82, 2.24) is 14.9 Å². The van der Waals surface area contributed by atoms with Gasteiger partial charge in [0.2, 0.25) is 0 Å². The predicted octanol–water partition coefficient (Wildman–Crippen LogP) is 2.64. The molecule has 0 aliphatic carbocycles. The molecular formula is C13H17N3OS. The lowest BCUT2D eigenvalue weighted by Crippen LogP contribution is -2.23. The second kappa shape index (κ2) is 6.47. The number of aromatic nitrogens is 2. The standard InChI is InChI=1S/C13H17N3OS/c1-3-14-13(11-9-18-16-15-11)10-7-5-6-8-12(10)17-4-2/h5-9,13-14H,3-4H2,1-2H3. The maximum absolute atomic E-state index is 5.68. The quantitative estimate of drug-likeness (QED) is 0.870. The lowest BCUT2D eigenvalue weighted by atomic mass is 10.0. The molecule has 2 aromatic rings. The Labute approximate surface area is 111 Å². The zero-order valence-corrected chi connectivity index (χ0v) is 11.4. The van der Waals surface area contributed by atoms with Gasteiger partial charge in [-0.1, -0.05) is 29.6 Å². The Morgan fingerprint density at radius 1 is 1.33 bits per heavy atom. The van der Waals surface area contributed by atoms with Crippen LogP contribution in [0.1, 0.15) is 31.1 Å². The first-order valence-electron chi connectivity index (χ1n) is 6.08. The highest BCUT2D eigenvalue weighted by molar-refractivity contribution is 7.03. The lowest BCUT2D eigenvalue weighted by molar-refractivity contribution is 0.333. The van der Waals surface area contributed by atoms with Gasteiger partial charge in [0.05, 0.1) is 18.3 Å². The van der Waals surface area contributed by atoms with Crippen LogP contribution in [0.4, 0.5) is 0 Å². The van der Waals surface area contributed by atoms with Crippen LogP contribution in [-0.4, -0.2) is 22.7 Å². The summed E-state index contributed by atoms with van der Waals surface area (Å²) in [7, 11) is 0. The summed E-state index contributed by atoms with van der Waals surface area (Å²) in [5, 5.41) is 9.56. The third-order valence-corrected chi connectivity index (χ3v) is 3.13. The molecule has 0 radical (unpaired) electrons. The molecule has 1 aromatic heterocycles. The maximum Gasteiger partial charge on any atom is 0.124 e. The Bertz CT molecular complexity index is 473. The molecule has 18 heavy (non-hydrogen) atoms. The smallest absolute Gasteiger partial charge is 0.124 e. The fourth-order valence-electron chi connectivity index (χ4n) is 1.88. The topological polar surface area (TPSA) is 47.0 Å². The summed E-state index contributed by atoms with van der Waals surface area (Å²) in [6.07, 6.45) is 0. The first-order chi connectivity index (χ1) is 8.86. The van der Waals surface area contributed by atoms with Gasteiger partial charge in [0.1, 0.15) is 5.75 Å². The van der Waals surface area contributed by atoms with Crippen molar-refractivity contribution in [2.45, 2.75) is 19.9 Å². The Hall–Kier alpha value is -1.46. The molecule has 96 valence electrons. The summed E-state index contributed by atoms with van der Waals surface area (Å²) in [5.74, 6) is 0.902. The van der Waals surface area contributed by atoms with E-state index in [1.54, 1.807) is 0 Å². The minimum atomic E-state index is 0.0384. The Kier molecular flexibility index (Phi) is 4.66. The van der Waals surface area contributed by atoms with Gasteiger partial charge in [0.25, 0.3) is 0 Å². The molecule has 0 amide bonds. The van der Waals surface area contributed by atoms with Gasteiger partial charge in [-0.25, -0.2) is 0 Å². The average Bonchev–Trinajstić information content (AvgIpc) is 2.91. The normalized spacial score (nSPS) is 12.3. The van der Waals surface area contributed by atoms with E-state index in [0.717, 1.165) is 23.6 Å². The van der Waals surface area contributed by atoms with Gasteiger partial charge in [-0.2, -0.15) is 0 Å². The van der Waals surface area contributed by atoms with Crippen LogP contribution in [0.25, 0.3) is 0 Å². The zero-order chi connectivity index (χ0) is 12.8. The van der Waals surface area contributed by atoms with E-state index in [0.29, 0.717) is 6.61 Å². The highest BCUT2D eigenvalue weighted by Gasteiger charge is 2.19. The molecule has 1 atom stereocenters. The third kappa shape index (κ3) is 2.86. The molecule has 1 aromatic carbocycles. The van der Waals surface area contributed by atoms with E-state index >= 15 is 0 Å². The van der Waals surface area contributed by atoms with E-state index in [9.17, 15) is 0 Å². The molecule has 1 N–H and O–H groups in total. The van der Waals surface area contributed by atoms with Crippen LogP contribution in [0.3, 0.4) is 0 Å². The maximum atomic E-state index is 5.68. The molecule has 0 bridgehead atoms. The first-order valence-corrected chi connectivity index (χ1v) is 6.92. The van der Waals surface area contributed by atoms with Gasteiger partial charge < -0.3 is 10.1 Å². The van der Waals surface area contributed by atoms with Crippen molar-refractivity contribution in [3.05, 3.63) is 40.9 Å². The van der Waals surface area contributed by atoms with Crippen LogP contribution < -0.4 is 10.1 Å². The summed E-state index contributed by atoms with van der Waals surface area (Å²) >= 11 is 1.37. The van der Waals surface area contributed by atoms with Crippen molar-refractivity contribution in [3.8, 4) is 5.75 Å². The van der Waals surface area contributed by atoms with E-state index < -0.39 is 0 Å². The monoisotopic (exact) mass is 263 g/mol. The fourth-order valence-corrected chi connectivity index (χ4v) is 2.36. The number of para-hydroxylation sites is 1. The van der Waals surface area contributed by atoms with Crippen LogP contribution >= 0.6 is 11.5 Å². The van der Waals surface area contributed by atoms with Gasteiger partial charge in [0, 0.05) is 10.9 Å². The number of hydrogen-bond donors (Lipinski definition) is 1. The highest BCUT2D eigenvalue weighted by Crippen LogP contribution is 2.29. The molecule has 0 aliphatic rings. The number of ether oxygens (including phenoxy) is 1. The second-order valence-corrected chi connectivity index (χ2v) is 4.40. The molecule has 5 heteroatoms. The van der Waals surface area contributed by atoms with Crippen LogP contribution in [0.15, 0.2) is 29.6 Å². The van der Waals surface area contributed by atoms with Gasteiger partial charge in [-0.05, 0) is 31.1 Å². The highest BCUT2D eigenvalue weighted by atomic mass is 32.1. The lowest BCUT2D eigenvalue weighted by Gasteiger charge is -2.19. The molecule has 1 unspecified atom stereocenters. The summed E-state index contributed by atoms with van der Waals surface area (Å²) < 4.78 is 9.61. The van der Waals surface area contributed by atoms with Gasteiger partial charge in [-0.3, -0.25) is 0 Å². The van der Waals surface area contributed by atoms with Crippen LogP contribution in [0.5, 0.6) is 5.75 Å². The van der Waals surface area contributed by atoms with E-state index in [1.807, 2.05) is 30.5 Å². The summed E-state index contributed by atoms with van der Waals surface area (Å²) in [4.78, 5) is 0. The van der Waals surface area contributed by atoms with Crippen LogP contribution in [0, 0.1) is 0 Å². The van der Waals surface area contributed by atoms with Crippen LogP contribution in [-0.2, 0) is 0 Å². The molecule has 2 rings (SSSR count). The van der Waals surface area contributed by atoms with E-state index in [2.05, 4.69) is 27.9 Å². The summed E-state index contributed by atoms with van der Waals surface area (Å²) in [6.45, 7) is 5.59. The van der Waals surface area contributed by atoms with Crippen molar-refractivity contribution in [3.63, 3.8) is 0 Å². The first kappa shape index (κ1) is 13.0. The van der Waals surface area contributed by atoms with Gasteiger partial charge in [-0.15, -0.1) is 5.10 Å². The minimum absolute atomic E-state index is 0.0384. The zero-order valence-electron chi connectivity index (χ0n) is 10.6. The number of nitrogens with zero attached hydrogens (tertiary/aromatic N) is 2. The van der Waals surface area contributed by atoms with Crippen molar-refractivity contribution in [2.24, 2.45) is 0 Å². The molecule has 0 saturated heterocycles. The summed E-state index contributed by atoms with van der Waals surface area (Å²) in [5.41, 5.74) is 2.04. The number of hydrogen-bond acceptors (Lipinski definition) is 5. The van der Waals surface area contributed by atoms with Gasteiger partial charge >= 0.3 is 0 Å².